The van der Waals surface area contributed by atoms with Crippen molar-refractivity contribution in [3.8, 4) is 0 Å². The molecule has 114 valence electrons. The molecule has 0 spiro atoms. The molecule has 0 fully saturated rings. The van der Waals surface area contributed by atoms with Crippen molar-refractivity contribution in [3.05, 3.63) is 71.8 Å². The molecule has 2 rings (SSSR count). The molecule has 22 heavy (non-hydrogen) atoms. The van der Waals surface area contributed by atoms with Gasteiger partial charge in [0.2, 0.25) is 0 Å². The van der Waals surface area contributed by atoms with E-state index in [0.717, 1.165) is 14.7 Å². The Bertz CT molecular complexity index is 624. The Kier molecular flexibility index (Phi) is 6.62. The van der Waals surface area contributed by atoms with Gasteiger partial charge in [0.05, 0.1) is 10.7 Å². The summed E-state index contributed by atoms with van der Waals surface area (Å²) in [6.07, 6.45) is 1.89. The summed E-state index contributed by atoms with van der Waals surface area (Å²) in [7, 11) is 3.87. The molecule has 0 amide bonds. The number of Topliss-reactive ketones (excluding diaryl/α,β-unsaturated/α-hetero) is 1. The van der Waals surface area contributed by atoms with Crippen LogP contribution in [-0.2, 0) is 4.79 Å². The van der Waals surface area contributed by atoms with E-state index in [1.807, 2.05) is 85.9 Å². The van der Waals surface area contributed by atoms with Crippen LogP contribution in [0.15, 0.2) is 81.6 Å². The van der Waals surface area contributed by atoms with Crippen LogP contribution in [0.4, 0.5) is 0 Å². The zero-order valence-corrected chi connectivity index (χ0v) is 14.4. The molecule has 0 heterocycles. The van der Waals surface area contributed by atoms with Gasteiger partial charge < -0.3 is 4.90 Å². The van der Waals surface area contributed by atoms with Crippen LogP contribution in [0.3, 0.4) is 0 Å². The van der Waals surface area contributed by atoms with Gasteiger partial charge in [0.25, 0.3) is 0 Å². The first kappa shape index (κ1) is 16.7. The first-order valence-corrected chi connectivity index (χ1v) is 8.77. The Morgan fingerprint density at radius 3 is 2.05 bits per heavy atom. The maximum absolute atomic E-state index is 12.5. The highest BCUT2D eigenvalue weighted by molar-refractivity contribution is 8.04. The topological polar surface area (TPSA) is 20.3 Å². The van der Waals surface area contributed by atoms with Gasteiger partial charge >= 0.3 is 0 Å². The smallest absolute Gasteiger partial charge is 0.181 e. The minimum Gasteiger partial charge on any atom is -0.382 e. The van der Waals surface area contributed by atoms with Crippen molar-refractivity contribution in [1.82, 2.24) is 4.90 Å². The zero-order valence-electron chi connectivity index (χ0n) is 12.7. The third-order valence-electron chi connectivity index (χ3n) is 2.73. The van der Waals surface area contributed by atoms with Crippen LogP contribution >= 0.6 is 23.5 Å². The van der Waals surface area contributed by atoms with E-state index in [9.17, 15) is 4.79 Å². The standard InChI is InChI=1S/C18H19NOS2/c1-19(2)13-18(22-16-11-7-4-8-12-16)17(20)14-21-15-9-5-3-6-10-15/h3-13H,14H2,1-2H3/b18-13-. The fourth-order valence-electron chi connectivity index (χ4n) is 1.74. The lowest BCUT2D eigenvalue weighted by atomic mass is 10.4. The number of allylic oxidation sites excluding steroid dienone is 1. The van der Waals surface area contributed by atoms with Crippen LogP contribution < -0.4 is 0 Å². The SMILES string of the molecule is CN(C)/C=C(\Sc1ccccc1)C(=O)CSc1ccccc1. The van der Waals surface area contributed by atoms with Gasteiger partial charge in [-0.1, -0.05) is 48.2 Å². The van der Waals surface area contributed by atoms with Crippen molar-refractivity contribution in [1.29, 1.82) is 0 Å². The summed E-state index contributed by atoms with van der Waals surface area (Å²) in [5, 5.41) is 0. The van der Waals surface area contributed by atoms with Crippen LogP contribution in [0.2, 0.25) is 0 Å². The molecule has 0 atom stereocenters. The van der Waals surface area contributed by atoms with Crippen molar-refractivity contribution in [3.63, 3.8) is 0 Å². The second-order valence-electron chi connectivity index (χ2n) is 4.90. The average Bonchev–Trinajstić information content (AvgIpc) is 2.53. The molecule has 0 N–H and O–H groups in total. The van der Waals surface area contributed by atoms with E-state index in [2.05, 4.69) is 0 Å². The highest BCUT2D eigenvalue weighted by atomic mass is 32.2. The van der Waals surface area contributed by atoms with Crippen LogP contribution in [0.5, 0.6) is 0 Å². The van der Waals surface area contributed by atoms with E-state index < -0.39 is 0 Å². The molecule has 2 nitrogen and oxygen atoms in total. The predicted octanol–water partition coefficient (Wildman–Crippen LogP) is 4.54. The lowest BCUT2D eigenvalue weighted by Crippen LogP contribution is -2.09. The number of hydrogen-bond acceptors (Lipinski definition) is 4. The number of benzene rings is 2. The molecule has 0 aliphatic rings. The molecular formula is C18H19NOS2. The van der Waals surface area contributed by atoms with E-state index >= 15 is 0 Å². The van der Waals surface area contributed by atoms with Crippen molar-refractivity contribution in [2.24, 2.45) is 0 Å². The Hall–Kier alpha value is -1.65. The summed E-state index contributed by atoms with van der Waals surface area (Å²) in [5.41, 5.74) is 0. The predicted molar refractivity (Wildman–Crippen MR) is 96.2 cm³/mol. The number of thioether (sulfide) groups is 2. The Labute approximate surface area is 140 Å². The molecule has 0 aromatic heterocycles. The van der Waals surface area contributed by atoms with E-state index in [4.69, 9.17) is 0 Å². The highest BCUT2D eigenvalue weighted by Gasteiger charge is 2.12. The Balaban J connectivity index is 2.04. The fourth-order valence-corrected chi connectivity index (χ4v) is 3.63. The molecule has 2 aromatic carbocycles. The van der Waals surface area contributed by atoms with Crippen LogP contribution in [0.1, 0.15) is 0 Å². The maximum atomic E-state index is 12.5. The van der Waals surface area contributed by atoms with Crippen molar-refractivity contribution >= 4 is 29.3 Å². The lowest BCUT2D eigenvalue weighted by molar-refractivity contribution is -0.112. The van der Waals surface area contributed by atoms with Gasteiger partial charge in [0.1, 0.15) is 0 Å². The summed E-state index contributed by atoms with van der Waals surface area (Å²) < 4.78 is 0. The number of hydrogen-bond donors (Lipinski definition) is 0. The highest BCUT2D eigenvalue weighted by Crippen LogP contribution is 2.29. The lowest BCUT2D eigenvalue weighted by Gasteiger charge is -2.11. The fraction of sp³-hybridized carbons (Fsp3) is 0.167. The van der Waals surface area contributed by atoms with Gasteiger partial charge in [0, 0.05) is 30.1 Å². The normalized spacial score (nSPS) is 11.3. The minimum atomic E-state index is 0.149. The van der Waals surface area contributed by atoms with Crippen molar-refractivity contribution in [2.45, 2.75) is 9.79 Å². The van der Waals surface area contributed by atoms with Crippen molar-refractivity contribution < 1.29 is 4.79 Å². The molecular weight excluding hydrogens is 310 g/mol. The van der Waals surface area contributed by atoms with E-state index in [-0.39, 0.29) is 5.78 Å². The van der Waals surface area contributed by atoms with Gasteiger partial charge in [-0.05, 0) is 24.3 Å². The molecule has 0 bridgehead atoms. The molecule has 0 saturated carbocycles. The number of ketones is 1. The molecule has 0 saturated heterocycles. The third kappa shape index (κ3) is 5.62. The average molecular weight is 329 g/mol. The Morgan fingerprint density at radius 1 is 0.955 bits per heavy atom. The summed E-state index contributed by atoms with van der Waals surface area (Å²) in [6.45, 7) is 0. The molecule has 4 heteroatoms. The van der Waals surface area contributed by atoms with Gasteiger partial charge in [-0.2, -0.15) is 0 Å². The molecule has 0 aliphatic heterocycles. The molecule has 0 aliphatic carbocycles. The number of nitrogens with zero attached hydrogens (tertiary/aromatic N) is 1. The Morgan fingerprint density at radius 2 is 1.50 bits per heavy atom. The number of rotatable bonds is 7. The molecule has 2 aromatic rings. The van der Waals surface area contributed by atoms with E-state index in [1.54, 1.807) is 11.8 Å². The van der Waals surface area contributed by atoms with Gasteiger partial charge in [-0.3, -0.25) is 4.79 Å². The second kappa shape index (κ2) is 8.71. The van der Waals surface area contributed by atoms with Crippen LogP contribution in [-0.4, -0.2) is 30.5 Å². The summed E-state index contributed by atoms with van der Waals surface area (Å²) in [4.78, 5) is 17.4. The summed E-state index contributed by atoms with van der Waals surface area (Å²) in [5.74, 6) is 0.597. The summed E-state index contributed by atoms with van der Waals surface area (Å²) in [6, 6.07) is 20.0. The first-order valence-electron chi connectivity index (χ1n) is 6.97. The van der Waals surface area contributed by atoms with Crippen LogP contribution in [0.25, 0.3) is 0 Å². The largest absolute Gasteiger partial charge is 0.382 e. The number of carbonyl (C=O) groups excluding carboxylic acids is 1. The summed E-state index contributed by atoms with van der Waals surface area (Å²) >= 11 is 3.09. The third-order valence-corrected chi connectivity index (χ3v) is 4.81. The van der Waals surface area contributed by atoms with Gasteiger partial charge in [-0.15, -0.1) is 11.8 Å². The molecule has 0 radical (unpaired) electrons. The monoisotopic (exact) mass is 329 g/mol. The maximum Gasteiger partial charge on any atom is 0.181 e. The van der Waals surface area contributed by atoms with Gasteiger partial charge in [-0.25, -0.2) is 0 Å². The van der Waals surface area contributed by atoms with E-state index in [1.165, 1.54) is 11.8 Å². The second-order valence-corrected chi connectivity index (χ2v) is 7.06. The minimum absolute atomic E-state index is 0.149. The quantitative estimate of drug-likeness (QED) is 0.548. The van der Waals surface area contributed by atoms with Gasteiger partial charge in [0.15, 0.2) is 5.78 Å². The van der Waals surface area contributed by atoms with Crippen molar-refractivity contribution in [2.75, 3.05) is 19.8 Å². The zero-order chi connectivity index (χ0) is 15.8. The number of carbonyl (C=O) groups is 1. The van der Waals surface area contributed by atoms with Crippen LogP contribution in [0, 0.1) is 0 Å². The first-order chi connectivity index (χ1) is 10.6. The van der Waals surface area contributed by atoms with E-state index in [0.29, 0.717) is 5.75 Å². The molecule has 0 unspecified atom stereocenters.